The minimum absolute atomic E-state index is 0.104. The molecule has 2 unspecified atom stereocenters. The summed E-state index contributed by atoms with van der Waals surface area (Å²) in [6.07, 6.45) is 0.0854. The highest BCUT2D eigenvalue weighted by Gasteiger charge is 2.60. The smallest absolute Gasteiger partial charge is 0.369 e. The number of sulfonamides is 1. The number of nitrogens with one attached hydrogen (secondary N) is 1. The summed E-state index contributed by atoms with van der Waals surface area (Å²) in [4.78, 5) is 25.1. The number of amides is 1. The van der Waals surface area contributed by atoms with E-state index in [4.69, 9.17) is 5.73 Å². The molecule has 4 saturated carbocycles. The quantitative estimate of drug-likeness (QED) is 0.612. The number of carbonyl (C=O) groups excluding carboxylic acids is 2. The fourth-order valence-electron chi connectivity index (χ4n) is 6.80. The fraction of sp³-hybridized carbons (Fsp3) is 0.652. The number of rotatable bonds is 7. The normalized spacial score (nSPS) is 31.5. The Labute approximate surface area is 191 Å². The standard InChI is InChI=1S/C23H29F3N2O4S/c1-20(2,28-33(31,32)17-5-3-4-16(7-17)23(24,25)26)18(29)12-21-8-14-6-15(9-21)11-22(10-14,13-21)19(27)30/h3-5,7,14-15,28H,6,8-13H2,1-2H3,(H2,27,30). The van der Waals surface area contributed by atoms with Crippen LogP contribution in [0.2, 0.25) is 0 Å². The van der Waals surface area contributed by atoms with Crippen LogP contribution in [0.3, 0.4) is 0 Å². The summed E-state index contributed by atoms with van der Waals surface area (Å²) in [7, 11) is -4.38. The van der Waals surface area contributed by atoms with E-state index < -0.39 is 43.0 Å². The molecule has 0 saturated heterocycles. The number of carbonyl (C=O) groups is 2. The zero-order valence-electron chi connectivity index (χ0n) is 18.7. The van der Waals surface area contributed by atoms with Crippen LogP contribution in [0.4, 0.5) is 13.2 Å². The predicted molar refractivity (Wildman–Crippen MR) is 114 cm³/mol. The van der Waals surface area contributed by atoms with Crippen molar-refractivity contribution < 1.29 is 31.2 Å². The van der Waals surface area contributed by atoms with Crippen molar-refractivity contribution in [3.63, 3.8) is 0 Å². The Kier molecular flexibility index (Phi) is 5.52. The molecule has 33 heavy (non-hydrogen) atoms. The zero-order valence-corrected chi connectivity index (χ0v) is 19.5. The highest BCUT2D eigenvalue weighted by atomic mass is 32.2. The second kappa shape index (κ2) is 7.53. The molecule has 1 aromatic carbocycles. The van der Waals surface area contributed by atoms with E-state index in [9.17, 15) is 31.2 Å². The molecule has 2 atom stereocenters. The Morgan fingerprint density at radius 1 is 1.12 bits per heavy atom. The summed E-state index contributed by atoms with van der Waals surface area (Å²) >= 11 is 0. The third-order valence-corrected chi connectivity index (χ3v) is 9.45. The summed E-state index contributed by atoms with van der Waals surface area (Å²) in [5.41, 5.74) is 2.16. The maximum Gasteiger partial charge on any atom is 0.416 e. The molecule has 3 N–H and O–H groups in total. The number of nitrogens with two attached hydrogens (primary N) is 1. The van der Waals surface area contributed by atoms with Crippen LogP contribution >= 0.6 is 0 Å². The lowest BCUT2D eigenvalue weighted by atomic mass is 9.43. The van der Waals surface area contributed by atoms with Crippen LogP contribution in [0.15, 0.2) is 29.2 Å². The summed E-state index contributed by atoms with van der Waals surface area (Å²) < 4.78 is 67.1. The fourth-order valence-corrected chi connectivity index (χ4v) is 8.24. The molecule has 0 heterocycles. The van der Waals surface area contributed by atoms with Crippen molar-refractivity contribution >= 4 is 21.7 Å². The van der Waals surface area contributed by atoms with E-state index in [-0.39, 0.29) is 18.1 Å². The summed E-state index contributed by atoms with van der Waals surface area (Å²) in [6.45, 7) is 2.84. The Balaban J connectivity index is 1.54. The maximum atomic E-state index is 13.3. The molecule has 0 radical (unpaired) electrons. The van der Waals surface area contributed by atoms with Gasteiger partial charge in [-0.1, -0.05) is 6.07 Å². The Hall–Kier alpha value is -1.94. The van der Waals surface area contributed by atoms with Crippen LogP contribution in [0.1, 0.15) is 64.4 Å². The number of ketones is 1. The molecule has 0 aromatic heterocycles. The van der Waals surface area contributed by atoms with Crippen LogP contribution in [-0.2, 0) is 25.8 Å². The van der Waals surface area contributed by atoms with Gasteiger partial charge in [-0.05, 0) is 87.8 Å². The molecule has 1 amide bonds. The second-order valence-electron chi connectivity index (χ2n) is 11.0. The first-order chi connectivity index (χ1) is 15.1. The molecule has 4 fully saturated rings. The highest BCUT2D eigenvalue weighted by Crippen LogP contribution is 2.66. The van der Waals surface area contributed by atoms with E-state index in [1.54, 1.807) is 0 Å². The molecule has 1 aromatic rings. The van der Waals surface area contributed by atoms with Crippen LogP contribution in [0.5, 0.6) is 0 Å². The van der Waals surface area contributed by atoms with Gasteiger partial charge in [0.15, 0.2) is 5.78 Å². The lowest BCUT2D eigenvalue weighted by Crippen LogP contribution is -2.58. The Morgan fingerprint density at radius 2 is 1.73 bits per heavy atom. The number of hydrogen-bond acceptors (Lipinski definition) is 4. The van der Waals surface area contributed by atoms with E-state index in [2.05, 4.69) is 4.72 Å². The first-order valence-electron chi connectivity index (χ1n) is 11.1. The Morgan fingerprint density at radius 3 is 2.27 bits per heavy atom. The van der Waals surface area contributed by atoms with E-state index in [0.717, 1.165) is 50.3 Å². The number of primary amides is 1. The largest absolute Gasteiger partial charge is 0.416 e. The SMILES string of the molecule is CC(C)(NS(=O)(=O)c1cccc(C(F)(F)F)c1)C(=O)CC12CC3CC(C1)CC(C(N)=O)(C3)C2. The van der Waals surface area contributed by atoms with Crippen LogP contribution < -0.4 is 10.5 Å². The number of hydrogen-bond donors (Lipinski definition) is 2. The molecular formula is C23H29F3N2O4S. The van der Waals surface area contributed by atoms with Crippen LogP contribution in [0.25, 0.3) is 0 Å². The first-order valence-corrected chi connectivity index (χ1v) is 12.6. The molecule has 182 valence electrons. The van der Waals surface area contributed by atoms with E-state index in [1.807, 2.05) is 0 Å². The van der Waals surface area contributed by atoms with Gasteiger partial charge >= 0.3 is 6.18 Å². The second-order valence-corrected chi connectivity index (χ2v) is 12.6. The lowest BCUT2D eigenvalue weighted by Gasteiger charge is -2.61. The van der Waals surface area contributed by atoms with Crippen molar-refractivity contribution in [2.45, 2.75) is 75.4 Å². The summed E-state index contributed by atoms with van der Waals surface area (Å²) in [6, 6.07) is 3.42. The topological polar surface area (TPSA) is 106 Å². The molecule has 4 bridgehead atoms. The van der Waals surface area contributed by atoms with Gasteiger partial charge in [0.1, 0.15) is 0 Å². The van der Waals surface area contributed by atoms with Crippen molar-refractivity contribution in [1.29, 1.82) is 0 Å². The van der Waals surface area contributed by atoms with Gasteiger partial charge in [0, 0.05) is 6.42 Å². The van der Waals surface area contributed by atoms with Gasteiger partial charge in [0.25, 0.3) is 0 Å². The van der Waals surface area contributed by atoms with Crippen LogP contribution in [-0.4, -0.2) is 25.6 Å². The minimum Gasteiger partial charge on any atom is -0.369 e. The van der Waals surface area contributed by atoms with Gasteiger partial charge in [-0.3, -0.25) is 9.59 Å². The third-order valence-electron chi connectivity index (χ3n) is 7.80. The first kappa shape index (κ1) is 24.2. The van der Waals surface area contributed by atoms with E-state index >= 15 is 0 Å². The van der Waals surface area contributed by atoms with Gasteiger partial charge in [0.2, 0.25) is 15.9 Å². The van der Waals surface area contributed by atoms with E-state index in [0.29, 0.717) is 24.3 Å². The van der Waals surface area contributed by atoms with Crippen molar-refractivity contribution in [2.24, 2.45) is 28.4 Å². The van der Waals surface area contributed by atoms with Gasteiger partial charge in [-0.15, -0.1) is 0 Å². The number of alkyl halides is 3. The lowest BCUT2D eigenvalue weighted by molar-refractivity contribution is -0.158. The van der Waals surface area contributed by atoms with Gasteiger partial charge in [-0.25, -0.2) is 8.42 Å². The Bertz CT molecular complexity index is 1080. The molecule has 0 spiro atoms. The van der Waals surface area contributed by atoms with Crippen molar-refractivity contribution in [3.05, 3.63) is 29.8 Å². The molecule has 0 aliphatic heterocycles. The van der Waals surface area contributed by atoms with Crippen LogP contribution in [0, 0.1) is 22.7 Å². The molecule has 10 heteroatoms. The molecule has 6 nitrogen and oxygen atoms in total. The number of Topliss-reactive ketones (excluding diaryl/α,β-unsaturated/α-hetero) is 1. The van der Waals surface area contributed by atoms with Gasteiger partial charge < -0.3 is 5.73 Å². The number of benzene rings is 1. The molecular weight excluding hydrogens is 457 g/mol. The average Bonchev–Trinajstić information content (AvgIpc) is 2.65. The average molecular weight is 487 g/mol. The van der Waals surface area contributed by atoms with Gasteiger partial charge in [-0.2, -0.15) is 17.9 Å². The number of halogens is 3. The third kappa shape index (κ3) is 4.43. The monoisotopic (exact) mass is 486 g/mol. The predicted octanol–water partition coefficient (Wildman–Crippen LogP) is 3.79. The van der Waals surface area contributed by atoms with Gasteiger partial charge in [0.05, 0.1) is 21.4 Å². The van der Waals surface area contributed by atoms with Crippen molar-refractivity contribution in [2.75, 3.05) is 0 Å². The maximum absolute atomic E-state index is 13.3. The summed E-state index contributed by atoms with van der Waals surface area (Å²) in [5, 5.41) is 0. The summed E-state index contributed by atoms with van der Waals surface area (Å²) in [5.74, 6) is -0.00882. The molecule has 4 aliphatic rings. The molecule has 4 aliphatic carbocycles. The zero-order chi connectivity index (χ0) is 24.4. The minimum atomic E-state index is -4.69. The van der Waals surface area contributed by atoms with E-state index in [1.165, 1.54) is 13.8 Å². The molecule has 5 rings (SSSR count). The van der Waals surface area contributed by atoms with Crippen molar-refractivity contribution in [1.82, 2.24) is 4.72 Å². The van der Waals surface area contributed by atoms with Crippen molar-refractivity contribution in [3.8, 4) is 0 Å². The highest BCUT2D eigenvalue weighted by molar-refractivity contribution is 7.89.